The molecule has 0 saturated heterocycles. The SMILES string of the molecule is Bc1ccc(F)cc1/C(=C1/C=C(F)C=CC1)c1c(F)c(F)c(F)c(F)c1F. The van der Waals surface area contributed by atoms with Gasteiger partial charge < -0.3 is 0 Å². The van der Waals surface area contributed by atoms with Crippen LogP contribution in [0.1, 0.15) is 17.5 Å². The van der Waals surface area contributed by atoms with Gasteiger partial charge in [-0.1, -0.05) is 17.6 Å². The van der Waals surface area contributed by atoms with Gasteiger partial charge in [0.05, 0.1) is 5.56 Å². The smallest absolute Gasteiger partial charge is 0.200 e. The van der Waals surface area contributed by atoms with E-state index in [1.807, 2.05) is 0 Å². The molecule has 0 radical (unpaired) electrons. The lowest BCUT2D eigenvalue weighted by Crippen LogP contribution is -2.15. The van der Waals surface area contributed by atoms with Crippen LogP contribution in [0.4, 0.5) is 30.7 Å². The Kier molecular flexibility index (Phi) is 5.00. The maximum absolute atomic E-state index is 14.4. The molecule has 1 aliphatic rings. The van der Waals surface area contributed by atoms with E-state index in [0.717, 1.165) is 24.3 Å². The Bertz CT molecular complexity index is 1010. The van der Waals surface area contributed by atoms with E-state index >= 15 is 0 Å². The van der Waals surface area contributed by atoms with E-state index < -0.39 is 51.9 Å². The lowest BCUT2D eigenvalue weighted by Gasteiger charge is -2.19. The first-order valence-electron chi connectivity index (χ1n) is 7.77. The van der Waals surface area contributed by atoms with Gasteiger partial charge in [-0.25, -0.2) is 30.7 Å². The largest absolute Gasteiger partial charge is 0.207 e. The Labute approximate surface area is 150 Å². The van der Waals surface area contributed by atoms with Gasteiger partial charge in [-0.2, -0.15) is 0 Å². The van der Waals surface area contributed by atoms with Gasteiger partial charge in [0.15, 0.2) is 23.3 Å². The van der Waals surface area contributed by atoms with Crippen molar-refractivity contribution in [3.05, 3.63) is 93.9 Å². The third kappa shape index (κ3) is 3.31. The van der Waals surface area contributed by atoms with E-state index in [1.54, 1.807) is 0 Å². The number of halogens is 7. The van der Waals surface area contributed by atoms with Crippen molar-refractivity contribution >= 4 is 18.9 Å². The zero-order chi connectivity index (χ0) is 19.9. The molecule has 3 rings (SSSR count). The zero-order valence-corrected chi connectivity index (χ0v) is 13.8. The zero-order valence-electron chi connectivity index (χ0n) is 13.8. The van der Waals surface area contributed by atoms with Crippen LogP contribution in [0.3, 0.4) is 0 Å². The first-order valence-corrected chi connectivity index (χ1v) is 7.77. The first kappa shape index (κ1) is 19.0. The Balaban J connectivity index is 2.46. The lowest BCUT2D eigenvalue weighted by atomic mass is 9.81. The number of hydrogen-bond acceptors (Lipinski definition) is 0. The van der Waals surface area contributed by atoms with Crippen LogP contribution in [0.2, 0.25) is 0 Å². The van der Waals surface area contributed by atoms with Crippen LogP contribution in [0.25, 0.3) is 5.57 Å². The van der Waals surface area contributed by atoms with Crippen LogP contribution >= 0.6 is 0 Å². The summed E-state index contributed by atoms with van der Waals surface area (Å²) in [6, 6.07) is 3.27. The second kappa shape index (κ2) is 7.10. The fraction of sp³-hybridized carbons (Fsp3) is 0.0526. The highest BCUT2D eigenvalue weighted by molar-refractivity contribution is 6.35. The van der Waals surface area contributed by atoms with E-state index in [1.165, 1.54) is 20.0 Å². The van der Waals surface area contributed by atoms with Crippen LogP contribution in [-0.4, -0.2) is 7.85 Å². The van der Waals surface area contributed by atoms with E-state index in [4.69, 9.17) is 0 Å². The molecule has 0 aliphatic heterocycles. The van der Waals surface area contributed by atoms with Gasteiger partial charge in [-0.05, 0) is 47.4 Å². The average Bonchev–Trinajstić information content (AvgIpc) is 2.64. The highest BCUT2D eigenvalue weighted by Crippen LogP contribution is 2.36. The fourth-order valence-corrected chi connectivity index (χ4v) is 2.90. The summed E-state index contributed by atoms with van der Waals surface area (Å²) in [5.41, 5.74) is -1.53. The summed E-state index contributed by atoms with van der Waals surface area (Å²) in [7, 11) is 1.47. The van der Waals surface area contributed by atoms with Crippen LogP contribution in [0.15, 0.2) is 47.8 Å². The predicted octanol–water partition coefficient (Wildman–Crippen LogP) is 4.39. The standard InChI is InChI=1S/C19H10BF7/c20-12-5-4-10(22)7-11(12)13(8-2-1-3-9(21)6-8)14-15(23)17(25)19(27)18(26)16(14)24/h1,3-7H,2,20H2/b13-8-. The third-order valence-corrected chi connectivity index (χ3v) is 4.18. The molecule has 0 spiro atoms. The first-order chi connectivity index (χ1) is 12.7. The van der Waals surface area contributed by atoms with Crippen molar-refractivity contribution in [1.82, 2.24) is 0 Å². The number of rotatable bonds is 2. The maximum atomic E-state index is 14.4. The minimum atomic E-state index is -2.31. The summed E-state index contributed by atoms with van der Waals surface area (Å²) >= 11 is 0. The molecule has 0 amide bonds. The molecular weight excluding hydrogens is 372 g/mol. The van der Waals surface area contributed by atoms with Crippen molar-refractivity contribution in [3.8, 4) is 0 Å². The van der Waals surface area contributed by atoms with Gasteiger partial charge in [-0.15, -0.1) is 0 Å². The van der Waals surface area contributed by atoms with Crippen molar-refractivity contribution in [2.24, 2.45) is 0 Å². The minimum Gasteiger partial charge on any atom is -0.207 e. The number of allylic oxidation sites excluding steroid dienone is 5. The van der Waals surface area contributed by atoms with Crippen molar-refractivity contribution in [1.29, 1.82) is 0 Å². The molecule has 0 aromatic heterocycles. The lowest BCUT2D eigenvalue weighted by molar-refractivity contribution is 0.376. The second-order valence-electron chi connectivity index (χ2n) is 5.94. The summed E-state index contributed by atoms with van der Waals surface area (Å²) in [6.07, 6.45) is 3.29. The molecule has 8 heteroatoms. The second-order valence-corrected chi connectivity index (χ2v) is 5.94. The van der Waals surface area contributed by atoms with E-state index in [9.17, 15) is 30.7 Å². The highest BCUT2D eigenvalue weighted by atomic mass is 19.2. The van der Waals surface area contributed by atoms with Crippen LogP contribution < -0.4 is 5.46 Å². The summed E-state index contributed by atoms with van der Waals surface area (Å²) in [5.74, 6) is -12.3. The summed E-state index contributed by atoms with van der Waals surface area (Å²) in [5, 5.41) is 0. The Morgan fingerprint density at radius 1 is 0.815 bits per heavy atom. The van der Waals surface area contributed by atoms with Gasteiger partial charge in [0, 0.05) is 0 Å². The monoisotopic (exact) mass is 382 g/mol. The molecule has 1 aliphatic carbocycles. The summed E-state index contributed by atoms with van der Waals surface area (Å²) in [6.45, 7) is 0. The molecule has 138 valence electrons. The molecule has 0 unspecified atom stereocenters. The molecule has 0 atom stereocenters. The van der Waals surface area contributed by atoms with Gasteiger partial charge in [0.2, 0.25) is 5.82 Å². The maximum Gasteiger partial charge on any atom is 0.200 e. The molecule has 27 heavy (non-hydrogen) atoms. The summed E-state index contributed by atoms with van der Waals surface area (Å²) < 4.78 is 97.3. The third-order valence-electron chi connectivity index (χ3n) is 4.18. The molecule has 2 aromatic rings. The van der Waals surface area contributed by atoms with Crippen LogP contribution in [0, 0.1) is 34.9 Å². The number of hydrogen-bond donors (Lipinski definition) is 0. The molecule has 0 fully saturated rings. The van der Waals surface area contributed by atoms with Gasteiger partial charge >= 0.3 is 0 Å². The normalized spacial score (nSPS) is 15.7. The van der Waals surface area contributed by atoms with Gasteiger partial charge in [-0.3, -0.25) is 0 Å². The Morgan fingerprint density at radius 2 is 1.41 bits per heavy atom. The van der Waals surface area contributed by atoms with E-state index in [-0.39, 0.29) is 17.6 Å². The highest BCUT2D eigenvalue weighted by Gasteiger charge is 2.30. The van der Waals surface area contributed by atoms with Crippen molar-refractivity contribution in [3.63, 3.8) is 0 Å². The molecule has 0 saturated carbocycles. The van der Waals surface area contributed by atoms with Gasteiger partial charge in [0.25, 0.3) is 0 Å². The minimum absolute atomic E-state index is 0.0435. The van der Waals surface area contributed by atoms with E-state index in [2.05, 4.69) is 0 Å². The quantitative estimate of drug-likeness (QED) is 0.313. The van der Waals surface area contributed by atoms with Crippen LogP contribution in [-0.2, 0) is 0 Å². The predicted molar refractivity (Wildman–Crippen MR) is 89.8 cm³/mol. The molecule has 0 heterocycles. The molecule has 0 bridgehead atoms. The fourth-order valence-electron chi connectivity index (χ4n) is 2.90. The Hall–Kier alpha value is -2.77. The average molecular weight is 382 g/mol. The molecular formula is C19H10BF7. The Morgan fingerprint density at radius 3 is 2.00 bits per heavy atom. The van der Waals surface area contributed by atoms with Crippen molar-refractivity contribution < 1.29 is 30.7 Å². The van der Waals surface area contributed by atoms with Crippen LogP contribution in [0.5, 0.6) is 0 Å². The summed E-state index contributed by atoms with van der Waals surface area (Å²) in [4.78, 5) is 0. The topological polar surface area (TPSA) is 0 Å². The van der Waals surface area contributed by atoms with Gasteiger partial charge in [0.1, 0.15) is 19.5 Å². The molecule has 2 aromatic carbocycles. The van der Waals surface area contributed by atoms with E-state index in [0.29, 0.717) is 5.46 Å². The molecule has 0 nitrogen and oxygen atoms in total. The van der Waals surface area contributed by atoms with Crippen molar-refractivity contribution in [2.75, 3.05) is 0 Å². The molecule has 0 N–H and O–H groups in total. The number of benzene rings is 2. The van der Waals surface area contributed by atoms with Crippen molar-refractivity contribution in [2.45, 2.75) is 6.42 Å².